The lowest BCUT2D eigenvalue weighted by atomic mass is 10.2. The zero-order chi connectivity index (χ0) is 14.7. The Labute approximate surface area is 124 Å². The zero-order valence-corrected chi connectivity index (χ0v) is 13.4. The highest BCUT2D eigenvalue weighted by atomic mass is 32.1. The Bertz CT molecular complexity index is 548. The molecule has 0 radical (unpaired) electrons. The maximum absolute atomic E-state index is 9.34. The molecule has 2 heterocycles. The van der Waals surface area contributed by atoms with Crippen LogP contribution in [0.4, 0.5) is 5.82 Å². The number of rotatable bonds is 7. The molecular formula is C14H24N4OS. The molecule has 1 atom stereocenters. The number of anilines is 1. The van der Waals surface area contributed by atoms with Gasteiger partial charge in [-0.3, -0.25) is 4.40 Å². The topological polar surface area (TPSA) is 52.8 Å². The zero-order valence-electron chi connectivity index (χ0n) is 12.6. The number of aliphatic hydroxyl groups is 1. The summed E-state index contributed by atoms with van der Waals surface area (Å²) in [5, 5.41) is 14.9. The number of hydrogen-bond donors (Lipinski definition) is 2. The van der Waals surface area contributed by atoms with E-state index < -0.39 is 0 Å². The highest BCUT2D eigenvalue weighted by Crippen LogP contribution is 2.25. The Balaban J connectivity index is 2.26. The summed E-state index contributed by atoms with van der Waals surface area (Å²) in [4.78, 5) is 7.74. The summed E-state index contributed by atoms with van der Waals surface area (Å²) in [7, 11) is 1.99. The van der Waals surface area contributed by atoms with E-state index >= 15 is 0 Å². The van der Waals surface area contributed by atoms with Crippen molar-refractivity contribution in [3.8, 4) is 0 Å². The van der Waals surface area contributed by atoms with Gasteiger partial charge in [-0.2, -0.15) is 0 Å². The van der Waals surface area contributed by atoms with Crippen molar-refractivity contribution in [1.29, 1.82) is 0 Å². The van der Waals surface area contributed by atoms with Gasteiger partial charge in [-0.05, 0) is 19.4 Å². The molecule has 2 N–H and O–H groups in total. The van der Waals surface area contributed by atoms with Crippen LogP contribution in [0.15, 0.2) is 11.6 Å². The van der Waals surface area contributed by atoms with Crippen molar-refractivity contribution in [3.63, 3.8) is 0 Å². The lowest BCUT2D eigenvalue weighted by Crippen LogP contribution is -2.33. The highest BCUT2D eigenvalue weighted by Gasteiger charge is 2.19. The van der Waals surface area contributed by atoms with Crippen molar-refractivity contribution in [2.24, 2.45) is 5.92 Å². The largest absolute Gasteiger partial charge is 0.394 e. The van der Waals surface area contributed by atoms with Gasteiger partial charge in [0.1, 0.15) is 0 Å². The fourth-order valence-electron chi connectivity index (χ4n) is 2.08. The number of imidazole rings is 1. The summed E-state index contributed by atoms with van der Waals surface area (Å²) in [6.07, 6.45) is 2.06. The summed E-state index contributed by atoms with van der Waals surface area (Å²) in [6, 6.07) is 0.0588. The Morgan fingerprint density at radius 1 is 1.45 bits per heavy atom. The van der Waals surface area contributed by atoms with Crippen LogP contribution in [0.2, 0.25) is 0 Å². The van der Waals surface area contributed by atoms with Crippen LogP contribution in [0.1, 0.15) is 26.5 Å². The number of hydrogen-bond acceptors (Lipinski definition) is 5. The number of likely N-dealkylation sites (N-methyl/N-ethyl adjacent to an activating group) is 1. The molecule has 5 nitrogen and oxygen atoms in total. The van der Waals surface area contributed by atoms with Crippen molar-refractivity contribution < 1.29 is 5.11 Å². The standard InChI is InChI=1S/C14H24N4OS/c1-10(2)7-15-8-12-13(17(4)11(3)9-19)16-14-18(12)5-6-20-14/h5-6,10-11,15,19H,7-9H2,1-4H3. The molecule has 0 saturated heterocycles. The quantitative estimate of drug-likeness (QED) is 0.820. The maximum Gasteiger partial charge on any atom is 0.195 e. The van der Waals surface area contributed by atoms with Gasteiger partial charge in [0.05, 0.1) is 18.3 Å². The first-order valence-corrected chi connectivity index (χ1v) is 7.91. The van der Waals surface area contributed by atoms with E-state index in [0.29, 0.717) is 5.92 Å². The van der Waals surface area contributed by atoms with Crippen LogP contribution in [0.5, 0.6) is 0 Å². The van der Waals surface area contributed by atoms with Gasteiger partial charge in [-0.1, -0.05) is 13.8 Å². The van der Waals surface area contributed by atoms with Crippen molar-refractivity contribution in [3.05, 3.63) is 17.3 Å². The van der Waals surface area contributed by atoms with Gasteiger partial charge in [0.2, 0.25) is 0 Å². The average molecular weight is 296 g/mol. The minimum atomic E-state index is 0.0588. The molecule has 2 aromatic heterocycles. The maximum atomic E-state index is 9.34. The van der Waals surface area contributed by atoms with E-state index in [9.17, 15) is 5.11 Å². The van der Waals surface area contributed by atoms with Crippen LogP contribution in [0.25, 0.3) is 4.96 Å². The second-order valence-corrected chi connectivity index (χ2v) is 6.48. The number of aliphatic hydroxyl groups excluding tert-OH is 1. The first-order chi connectivity index (χ1) is 9.54. The van der Waals surface area contributed by atoms with Crippen molar-refractivity contribution in [2.45, 2.75) is 33.4 Å². The third kappa shape index (κ3) is 3.13. The van der Waals surface area contributed by atoms with Gasteiger partial charge in [0, 0.05) is 25.2 Å². The van der Waals surface area contributed by atoms with E-state index in [-0.39, 0.29) is 12.6 Å². The van der Waals surface area contributed by atoms with Crippen LogP contribution < -0.4 is 10.2 Å². The molecule has 0 aliphatic heterocycles. The molecule has 6 heteroatoms. The normalized spacial score (nSPS) is 13.3. The van der Waals surface area contributed by atoms with E-state index in [1.54, 1.807) is 11.3 Å². The first-order valence-electron chi connectivity index (χ1n) is 7.03. The Morgan fingerprint density at radius 2 is 2.20 bits per heavy atom. The molecule has 0 aliphatic carbocycles. The van der Waals surface area contributed by atoms with Gasteiger partial charge in [0.15, 0.2) is 10.8 Å². The first kappa shape index (κ1) is 15.3. The van der Waals surface area contributed by atoms with Gasteiger partial charge >= 0.3 is 0 Å². The summed E-state index contributed by atoms with van der Waals surface area (Å²) in [5.41, 5.74) is 1.16. The number of nitrogens with one attached hydrogen (secondary N) is 1. The molecule has 0 bridgehead atoms. The Hall–Kier alpha value is -1.11. The number of aromatic nitrogens is 2. The van der Waals surface area contributed by atoms with Crippen LogP contribution in [-0.2, 0) is 6.54 Å². The summed E-state index contributed by atoms with van der Waals surface area (Å²) >= 11 is 1.63. The molecule has 0 spiro atoms. The molecule has 0 aromatic carbocycles. The molecule has 0 amide bonds. The summed E-state index contributed by atoms with van der Waals surface area (Å²) in [5.74, 6) is 1.58. The van der Waals surface area contributed by atoms with E-state index in [0.717, 1.165) is 29.6 Å². The molecule has 1 unspecified atom stereocenters. The lowest BCUT2D eigenvalue weighted by molar-refractivity contribution is 0.269. The van der Waals surface area contributed by atoms with Gasteiger partial charge in [-0.25, -0.2) is 4.98 Å². The number of nitrogens with zero attached hydrogens (tertiary/aromatic N) is 3. The van der Waals surface area contributed by atoms with E-state index in [4.69, 9.17) is 4.98 Å². The van der Waals surface area contributed by atoms with Gasteiger partial charge in [0.25, 0.3) is 0 Å². The fourth-order valence-corrected chi connectivity index (χ4v) is 2.81. The van der Waals surface area contributed by atoms with Crippen LogP contribution in [0.3, 0.4) is 0 Å². The summed E-state index contributed by atoms with van der Waals surface area (Å²) in [6.45, 7) is 8.29. The third-order valence-corrected chi connectivity index (χ3v) is 4.20. The minimum absolute atomic E-state index is 0.0588. The highest BCUT2D eigenvalue weighted by molar-refractivity contribution is 7.15. The lowest BCUT2D eigenvalue weighted by Gasteiger charge is -2.24. The average Bonchev–Trinajstić information content (AvgIpc) is 2.98. The van der Waals surface area contributed by atoms with Crippen LogP contribution >= 0.6 is 11.3 Å². The molecule has 0 saturated carbocycles. The van der Waals surface area contributed by atoms with Crippen molar-refractivity contribution in [1.82, 2.24) is 14.7 Å². The predicted molar refractivity (Wildman–Crippen MR) is 84.6 cm³/mol. The van der Waals surface area contributed by atoms with Crippen molar-refractivity contribution in [2.75, 3.05) is 25.1 Å². The molecule has 0 fully saturated rings. The second kappa shape index (κ2) is 6.56. The number of fused-ring (bicyclic) bond motifs is 1. The second-order valence-electron chi connectivity index (χ2n) is 5.60. The van der Waals surface area contributed by atoms with Crippen LogP contribution in [-0.4, -0.2) is 40.7 Å². The molecular weight excluding hydrogens is 272 g/mol. The monoisotopic (exact) mass is 296 g/mol. The predicted octanol–water partition coefficient (Wildman–Crippen LogP) is 1.96. The molecule has 2 aromatic rings. The third-order valence-electron chi connectivity index (χ3n) is 3.44. The number of thiazole rings is 1. The molecule has 0 aliphatic rings. The minimum Gasteiger partial charge on any atom is -0.394 e. The van der Waals surface area contributed by atoms with Gasteiger partial charge < -0.3 is 15.3 Å². The van der Waals surface area contributed by atoms with Gasteiger partial charge in [-0.15, -0.1) is 11.3 Å². The fraction of sp³-hybridized carbons (Fsp3) is 0.643. The van der Waals surface area contributed by atoms with E-state index in [2.05, 4.69) is 29.8 Å². The molecule has 112 valence electrons. The summed E-state index contributed by atoms with van der Waals surface area (Å²) < 4.78 is 2.13. The Kier molecular flexibility index (Phi) is 5.01. The SMILES string of the molecule is CC(C)CNCc1c(N(C)C(C)CO)nc2sccn12. The van der Waals surface area contributed by atoms with Crippen molar-refractivity contribution >= 4 is 22.1 Å². The van der Waals surface area contributed by atoms with Crippen LogP contribution in [0, 0.1) is 5.92 Å². The molecule has 20 heavy (non-hydrogen) atoms. The smallest absolute Gasteiger partial charge is 0.195 e. The Morgan fingerprint density at radius 3 is 2.85 bits per heavy atom. The molecule has 2 rings (SSSR count). The van der Waals surface area contributed by atoms with E-state index in [1.165, 1.54) is 0 Å². The van der Waals surface area contributed by atoms with E-state index in [1.807, 2.05) is 24.3 Å².